The maximum atomic E-state index is 13.3. The Morgan fingerprint density at radius 3 is 0.909 bits per heavy atom. The molecule has 0 aliphatic carbocycles. The molecule has 1 N–H and O–H groups in total. The van der Waals surface area contributed by atoms with Gasteiger partial charge in [-0.1, -0.05) is 0 Å². The van der Waals surface area contributed by atoms with Crippen molar-refractivity contribution >= 4 is 5.97 Å². The summed E-state index contributed by atoms with van der Waals surface area (Å²) in [6, 6.07) is 0. The minimum Gasteiger partial charge on any atom is -0.481 e. The number of aliphatic carboxylic acids is 1. The number of halogens is 20. The monoisotopic (exact) mass is 546 g/mol. The van der Waals surface area contributed by atoms with E-state index in [1.54, 1.807) is 0 Å². The SMILES string of the molecule is O=C(O)C(C(F)(F)F)C(F)(F)C(F)(F)C(F)(F)C(F)(F)C(F)(F)C(F)(F)C(F)(F)C(F)(F)F. The molecular weight excluding hydrogens is 544 g/mol. The molecule has 0 bridgehead atoms. The standard InChI is InChI=1S/C11H2F20O2/c12-3(13,1(2(32)33)4(14,15)16)5(17,18)6(19,20)7(21,22)8(23,24)9(25,26)10(27,28)11(29,30)31/h1H,(H,32,33). The lowest BCUT2D eigenvalue weighted by Gasteiger charge is -2.43. The molecule has 0 saturated carbocycles. The van der Waals surface area contributed by atoms with E-state index < -0.39 is 65.7 Å². The van der Waals surface area contributed by atoms with Gasteiger partial charge in [-0.2, -0.15) is 87.8 Å². The lowest BCUT2D eigenvalue weighted by molar-refractivity contribution is -0.465. The van der Waals surface area contributed by atoms with Crippen molar-refractivity contribution in [3.05, 3.63) is 0 Å². The second-order valence-corrected chi connectivity index (χ2v) is 5.88. The van der Waals surface area contributed by atoms with Crippen molar-refractivity contribution in [2.24, 2.45) is 5.92 Å². The largest absolute Gasteiger partial charge is 0.481 e. The number of carbonyl (C=O) groups is 1. The van der Waals surface area contributed by atoms with Gasteiger partial charge in [0, 0.05) is 0 Å². The van der Waals surface area contributed by atoms with E-state index in [4.69, 9.17) is 5.11 Å². The van der Waals surface area contributed by atoms with Crippen LogP contribution >= 0.6 is 0 Å². The fraction of sp³-hybridized carbons (Fsp3) is 0.909. The molecule has 33 heavy (non-hydrogen) atoms. The third-order valence-corrected chi connectivity index (χ3v) is 3.68. The van der Waals surface area contributed by atoms with Gasteiger partial charge in [-0.15, -0.1) is 0 Å². The number of hydrogen-bond donors (Lipinski definition) is 1. The topological polar surface area (TPSA) is 37.3 Å². The van der Waals surface area contributed by atoms with Crippen LogP contribution in [0.5, 0.6) is 0 Å². The first-order valence-corrected chi connectivity index (χ1v) is 6.82. The van der Waals surface area contributed by atoms with Crippen LogP contribution in [0, 0.1) is 5.92 Å². The molecular formula is C11H2F20O2. The van der Waals surface area contributed by atoms with Crippen LogP contribution in [0.4, 0.5) is 87.8 Å². The van der Waals surface area contributed by atoms with Crippen molar-refractivity contribution in [1.82, 2.24) is 0 Å². The molecule has 2 nitrogen and oxygen atoms in total. The number of hydrogen-bond acceptors (Lipinski definition) is 1. The van der Waals surface area contributed by atoms with Gasteiger partial charge >= 0.3 is 59.8 Å². The Balaban J connectivity index is 7.04. The maximum Gasteiger partial charge on any atom is 0.460 e. The van der Waals surface area contributed by atoms with Crippen LogP contribution in [0.25, 0.3) is 0 Å². The molecule has 1 unspecified atom stereocenters. The van der Waals surface area contributed by atoms with Crippen molar-refractivity contribution < 1.29 is 97.7 Å². The Morgan fingerprint density at radius 1 is 0.455 bits per heavy atom. The van der Waals surface area contributed by atoms with Gasteiger partial charge in [0.1, 0.15) is 0 Å². The van der Waals surface area contributed by atoms with Crippen LogP contribution in [-0.2, 0) is 4.79 Å². The molecule has 1 atom stereocenters. The van der Waals surface area contributed by atoms with E-state index in [1.807, 2.05) is 0 Å². The molecule has 0 aliphatic rings. The fourth-order valence-electron chi connectivity index (χ4n) is 1.86. The summed E-state index contributed by atoms with van der Waals surface area (Å²) >= 11 is 0. The minimum atomic E-state index is -9.10. The molecule has 198 valence electrons. The Hall–Kier alpha value is -1.93. The number of carboxylic acids is 1. The second-order valence-electron chi connectivity index (χ2n) is 5.88. The summed E-state index contributed by atoms with van der Waals surface area (Å²) in [5.41, 5.74) is 0. The van der Waals surface area contributed by atoms with Gasteiger partial charge in [0.25, 0.3) is 0 Å². The molecule has 0 fully saturated rings. The maximum absolute atomic E-state index is 13.3. The lowest BCUT2D eigenvalue weighted by Crippen LogP contribution is -2.75. The van der Waals surface area contributed by atoms with Crippen molar-refractivity contribution in [1.29, 1.82) is 0 Å². The molecule has 0 aromatic carbocycles. The predicted molar refractivity (Wildman–Crippen MR) is 57.9 cm³/mol. The number of carboxylic acid groups (broad SMARTS) is 1. The van der Waals surface area contributed by atoms with Crippen LogP contribution in [0.15, 0.2) is 0 Å². The predicted octanol–water partition coefficient (Wildman–Crippen LogP) is 6.26. The highest BCUT2D eigenvalue weighted by molar-refractivity contribution is 5.72. The van der Waals surface area contributed by atoms with Crippen LogP contribution in [0.3, 0.4) is 0 Å². The Morgan fingerprint density at radius 2 is 0.697 bits per heavy atom. The fourth-order valence-corrected chi connectivity index (χ4v) is 1.86. The van der Waals surface area contributed by atoms with Gasteiger partial charge < -0.3 is 5.11 Å². The van der Waals surface area contributed by atoms with Crippen molar-refractivity contribution in [3.63, 3.8) is 0 Å². The molecule has 22 heteroatoms. The quantitative estimate of drug-likeness (QED) is 0.366. The van der Waals surface area contributed by atoms with E-state index in [9.17, 15) is 92.6 Å². The highest BCUT2D eigenvalue weighted by atomic mass is 19.4. The molecule has 0 spiro atoms. The number of alkyl halides is 20. The Labute approximate surface area is 165 Å². The van der Waals surface area contributed by atoms with E-state index in [0.717, 1.165) is 0 Å². The first-order chi connectivity index (χ1) is 13.8. The van der Waals surface area contributed by atoms with Crippen LogP contribution in [0.2, 0.25) is 0 Å². The van der Waals surface area contributed by atoms with Gasteiger partial charge in [-0.05, 0) is 0 Å². The van der Waals surface area contributed by atoms with Crippen molar-refractivity contribution in [2.45, 2.75) is 53.8 Å². The van der Waals surface area contributed by atoms with Crippen LogP contribution < -0.4 is 0 Å². The van der Waals surface area contributed by atoms with Crippen molar-refractivity contribution in [3.8, 4) is 0 Å². The third-order valence-electron chi connectivity index (χ3n) is 3.68. The molecule has 0 aromatic rings. The molecule has 0 aromatic heterocycles. The smallest absolute Gasteiger partial charge is 0.460 e. The zero-order chi connectivity index (χ0) is 27.7. The normalized spacial score (nSPS) is 17.2. The average molecular weight is 546 g/mol. The van der Waals surface area contributed by atoms with Gasteiger partial charge in [0.15, 0.2) is 0 Å². The van der Waals surface area contributed by atoms with Crippen LogP contribution in [0.1, 0.15) is 0 Å². The van der Waals surface area contributed by atoms with Crippen molar-refractivity contribution in [2.75, 3.05) is 0 Å². The molecule has 0 radical (unpaired) electrons. The average Bonchev–Trinajstić information content (AvgIpc) is 2.50. The van der Waals surface area contributed by atoms with Gasteiger partial charge in [0.05, 0.1) is 0 Å². The second kappa shape index (κ2) is 7.54. The number of rotatable bonds is 8. The zero-order valence-electron chi connectivity index (χ0n) is 14.0. The highest BCUT2D eigenvalue weighted by Crippen LogP contribution is 2.65. The van der Waals surface area contributed by atoms with E-state index in [0.29, 0.717) is 0 Å². The Kier molecular flexibility index (Phi) is 7.09. The summed E-state index contributed by atoms with van der Waals surface area (Å²) in [6.07, 6.45) is -15.2. The summed E-state index contributed by atoms with van der Waals surface area (Å²) < 4.78 is 256. The summed E-state index contributed by atoms with van der Waals surface area (Å²) in [4.78, 5) is 10.2. The first-order valence-electron chi connectivity index (χ1n) is 6.82. The molecule has 0 saturated heterocycles. The van der Waals surface area contributed by atoms with E-state index >= 15 is 0 Å². The van der Waals surface area contributed by atoms with Gasteiger partial charge in [-0.3, -0.25) is 4.79 Å². The lowest BCUT2D eigenvalue weighted by atomic mass is 9.85. The molecule has 0 amide bonds. The van der Waals surface area contributed by atoms with E-state index in [-0.39, 0.29) is 0 Å². The summed E-state index contributed by atoms with van der Waals surface area (Å²) in [6.45, 7) is 0. The van der Waals surface area contributed by atoms with Gasteiger partial charge in [-0.25, -0.2) is 0 Å². The first kappa shape index (κ1) is 31.1. The summed E-state index contributed by atoms with van der Waals surface area (Å²) in [5, 5.41) is 7.90. The van der Waals surface area contributed by atoms with E-state index in [1.165, 1.54) is 0 Å². The molecule has 0 heterocycles. The summed E-state index contributed by atoms with van der Waals surface area (Å²) in [5.74, 6) is -71.6. The minimum absolute atomic E-state index is 4.23. The zero-order valence-corrected chi connectivity index (χ0v) is 14.0. The van der Waals surface area contributed by atoms with Gasteiger partial charge in [0.2, 0.25) is 5.92 Å². The molecule has 0 aliphatic heterocycles. The van der Waals surface area contributed by atoms with Crippen LogP contribution in [-0.4, -0.2) is 64.9 Å². The van der Waals surface area contributed by atoms with E-state index in [2.05, 4.69) is 0 Å². The highest BCUT2D eigenvalue weighted by Gasteiger charge is 2.96. The molecule has 0 rings (SSSR count). The third kappa shape index (κ3) is 3.99. The summed E-state index contributed by atoms with van der Waals surface area (Å²) in [7, 11) is 0. The Bertz CT molecular complexity index is 742.